The normalized spacial score (nSPS) is 19.9. The summed E-state index contributed by atoms with van der Waals surface area (Å²) in [6, 6.07) is 0. The second kappa shape index (κ2) is 8.93. The average Bonchev–Trinajstić information content (AvgIpc) is 3.05. The van der Waals surface area contributed by atoms with Gasteiger partial charge in [-0.25, -0.2) is 0 Å². The summed E-state index contributed by atoms with van der Waals surface area (Å²) in [5.41, 5.74) is 0. The SMILES string of the molecule is CCCCCC=CCCCOC[C@H]1CO1. The minimum atomic E-state index is 0.412. The summed E-state index contributed by atoms with van der Waals surface area (Å²) in [6.07, 6.45) is 12.5. The Morgan fingerprint density at radius 1 is 1.20 bits per heavy atom. The van der Waals surface area contributed by atoms with Gasteiger partial charge in [0.1, 0.15) is 6.10 Å². The molecular weight excluding hydrogens is 188 g/mol. The Hall–Kier alpha value is -0.340. The first kappa shape index (κ1) is 12.7. The third-order valence-corrected chi connectivity index (χ3v) is 2.51. The van der Waals surface area contributed by atoms with Crippen LogP contribution in [0.1, 0.15) is 45.4 Å². The van der Waals surface area contributed by atoms with Crippen molar-refractivity contribution in [1.29, 1.82) is 0 Å². The topological polar surface area (TPSA) is 21.8 Å². The van der Waals surface area contributed by atoms with E-state index in [4.69, 9.17) is 9.47 Å². The summed E-state index contributed by atoms with van der Waals surface area (Å²) in [7, 11) is 0. The lowest BCUT2D eigenvalue weighted by molar-refractivity contribution is 0.115. The zero-order valence-corrected chi connectivity index (χ0v) is 9.91. The molecule has 1 atom stereocenters. The highest BCUT2D eigenvalue weighted by Crippen LogP contribution is 2.08. The van der Waals surface area contributed by atoms with E-state index in [0.29, 0.717) is 6.10 Å². The molecule has 0 N–H and O–H groups in total. The molecule has 0 unspecified atom stereocenters. The summed E-state index contributed by atoms with van der Waals surface area (Å²) in [5, 5.41) is 0. The largest absolute Gasteiger partial charge is 0.379 e. The molecule has 0 radical (unpaired) electrons. The Labute approximate surface area is 93.7 Å². The summed E-state index contributed by atoms with van der Waals surface area (Å²) in [6.45, 7) is 4.81. The molecule has 1 aliphatic heterocycles. The van der Waals surface area contributed by atoms with Crippen LogP contribution in [0.5, 0.6) is 0 Å². The van der Waals surface area contributed by atoms with Gasteiger partial charge >= 0.3 is 0 Å². The molecule has 0 spiro atoms. The molecule has 1 rings (SSSR count). The number of hydrogen-bond donors (Lipinski definition) is 0. The van der Waals surface area contributed by atoms with Crippen molar-refractivity contribution in [2.24, 2.45) is 0 Å². The molecule has 88 valence electrons. The molecule has 1 aliphatic rings. The van der Waals surface area contributed by atoms with Gasteiger partial charge in [0, 0.05) is 6.61 Å². The van der Waals surface area contributed by atoms with Gasteiger partial charge in [-0.15, -0.1) is 0 Å². The molecule has 0 aromatic carbocycles. The number of unbranched alkanes of at least 4 members (excludes halogenated alkanes) is 4. The highest BCUT2D eigenvalue weighted by molar-refractivity contribution is 4.81. The van der Waals surface area contributed by atoms with Crippen molar-refractivity contribution in [2.75, 3.05) is 19.8 Å². The van der Waals surface area contributed by atoms with Crippen LogP contribution in [0.3, 0.4) is 0 Å². The number of hydrogen-bond acceptors (Lipinski definition) is 2. The van der Waals surface area contributed by atoms with Gasteiger partial charge in [0.15, 0.2) is 0 Å². The minimum absolute atomic E-state index is 0.412. The highest BCUT2D eigenvalue weighted by atomic mass is 16.6. The van der Waals surface area contributed by atoms with E-state index in [1.54, 1.807) is 0 Å². The Balaban J connectivity index is 1.71. The predicted molar refractivity (Wildman–Crippen MR) is 63.1 cm³/mol. The Morgan fingerprint density at radius 3 is 2.60 bits per heavy atom. The first-order valence-corrected chi connectivity index (χ1v) is 6.28. The number of allylic oxidation sites excluding steroid dienone is 2. The maximum absolute atomic E-state index is 5.44. The fraction of sp³-hybridized carbons (Fsp3) is 0.846. The fourth-order valence-electron chi connectivity index (χ4n) is 1.43. The van der Waals surface area contributed by atoms with Gasteiger partial charge in [-0.1, -0.05) is 31.9 Å². The third-order valence-electron chi connectivity index (χ3n) is 2.51. The maximum Gasteiger partial charge on any atom is 0.104 e. The Morgan fingerprint density at radius 2 is 1.93 bits per heavy atom. The van der Waals surface area contributed by atoms with E-state index in [0.717, 1.165) is 32.7 Å². The van der Waals surface area contributed by atoms with Crippen molar-refractivity contribution in [2.45, 2.75) is 51.6 Å². The average molecular weight is 212 g/mol. The molecule has 0 aromatic rings. The van der Waals surface area contributed by atoms with Gasteiger partial charge in [0.25, 0.3) is 0 Å². The molecule has 0 saturated carbocycles. The van der Waals surface area contributed by atoms with Gasteiger partial charge in [0.05, 0.1) is 13.2 Å². The van der Waals surface area contributed by atoms with E-state index in [2.05, 4.69) is 19.1 Å². The van der Waals surface area contributed by atoms with E-state index < -0.39 is 0 Å². The zero-order chi connectivity index (χ0) is 10.8. The van der Waals surface area contributed by atoms with E-state index in [1.165, 1.54) is 25.7 Å². The Bertz CT molecular complexity index is 162. The van der Waals surface area contributed by atoms with Crippen LogP contribution in [0.25, 0.3) is 0 Å². The first-order valence-electron chi connectivity index (χ1n) is 6.28. The minimum Gasteiger partial charge on any atom is -0.379 e. The molecule has 1 heterocycles. The third kappa shape index (κ3) is 8.64. The Kier molecular flexibility index (Phi) is 7.58. The molecule has 15 heavy (non-hydrogen) atoms. The second-order valence-electron chi connectivity index (χ2n) is 4.14. The van der Waals surface area contributed by atoms with Crippen LogP contribution in [-0.2, 0) is 9.47 Å². The van der Waals surface area contributed by atoms with Gasteiger partial charge in [0.2, 0.25) is 0 Å². The van der Waals surface area contributed by atoms with Crippen LogP contribution < -0.4 is 0 Å². The molecule has 0 aliphatic carbocycles. The van der Waals surface area contributed by atoms with Crippen molar-refractivity contribution in [3.63, 3.8) is 0 Å². The highest BCUT2D eigenvalue weighted by Gasteiger charge is 2.21. The van der Waals surface area contributed by atoms with Gasteiger partial charge in [-0.05, 0) is 25.7 Å². The van der Waals surface area contributed by atoms with E-state index >= 15 is 0 Å². The van der Waals surface area contributed by atoms with E-state index in [-0.39, 0.29) is 0 Å². The van der Waals surface area contributed by atoms with Crippen LogP contribution in [-0.4, -0.2) is 25.9 Å². The van der Waals surface area contributed by atoms with Crippen LogP contribution >= 0.6 is 0 Å². The smallest absolute Gasteiger partial charge is 0.104 e. The van der Waals surface area contributed by atoms with Gasteiger partial charge in [-0.3, -0.25) is 0 Å². The van der Waals surface area contributed by atoms with Crippen molar-refractivity contribution >= 4 is 0 Å². The molecular formula is C13H24O2. The molecule has 1 saturated heterocycles. The monoisotopic (exact) mass is 212 g/mol. The number of ether oxygens (including phenoxy) is 2. The van der Waals surface area contributed by atoms with Crippen molar-refractivity contribution in [1.82, 2.24) is 0 Å². The van der Waals surface area contributed by atoms with E-state index in [9.17, 15) is 0 Å². The number of epoxide rings is 1. The second-order valence-corrected chi connectivity index (χ2v) is 4.14. The van der Waals surface area contributed by atoms with Crippen molar-refractivity contribution < 1.29 is 9.47 Å². The van der Waals surface area contributed by atoms with E-state index in [1.807, 2.05) is 0 Å². The lowest BCUT2D eigenvalue weighted by Crippen LogP contribution is -2.02. The summed E-state index contributed by atoms with van der Waals surface area (Å²) < 4.78 is 10.5. The molecule has 2 heteroatoms. The van der Waals surface area contributed by atoms with Crippen molar-refractivity contribution in [3.8, 4) is 0 Å². The van der Waals surface area contributed by atoms with Crippen LogP contribution in [0.15, 0.2) is 12.2 Å². The molecule has 0 bridgehead atoms. The summed E-state index contributed by atoms with van der Waals surface area (Å²) in [4.78, 5) is 0. The molecule has 0 aromatic heterocycles. The molecule has 2 nitrogen and oxygen atoms in total. The maximum atomic E-state index is 5.44. The van der Waals surface area contributed by atoms with Crippen LogP contribution in [0.2, 0.25) is 0 Å². The number of rotatable bonds is 10. The zero-order valence-electron chi connectivity index (χ0n) is 9.91. The summed E-state index contributed by atoms with van der Waals surface area (Å²) >= 11 is 0. The van der Waals surface area contributed by atoms with Crippen LogP contribution in [0.4, 0.5) is 0 Å². The van der Waals surface area contributed by atoms with Gasteiger partial charge in [-0.2, -0.15) is 0 Å². The predicted octanol–water partition coefficient (Wildman–Crippen LogP) is 3.32. The standard InChI is InChI=1S/C13H24O2/c1-2-3-4-5-6-7-8-9-10-14-11-13-12-15-13/h6-7,13H,2-5,8-12H2,1H3/t13-/m0/s1. The fourth-order valence-corrected chi connectivity index (χ4v) is 1.43. The molecule has 0 amide bonds. The van der Waals surface area contributed by atoms with Crippen molar-refractivity contribution in [3.05, 3.63) is 12.2 Å². The lowest BCUT2D eigenvalue weighted by atomic mass is 10.2. The van der Waals surface area contributed by atoms with Gasteiger partial charge < -0.3 is 9.47 Å². The first-order chi connectivity index (χ1) is 7.43. The molecule has 1 fully saturated rings. The summed E-state index contributed by atoms with van der Waals surface area (Å²) in [5.74, 6) is 0. The quantitative estimate of drug-likeness (QED) is 0.315. The van der Waals surface area contributed by atoms with Crippen LogP contribution in [0, 0.1) is 0 Å². The lowest BCUT2D eigenvalue weighted by Gasteiger charge is -1.99.